The highest BCUT2D eigenvalue weighted by Gasteiger charge is 2.16. The standard InChI is InChI=1S/C19H25NO2/c1-2-10-18-16(7-1)8-5-11-19(18)22-13-4-3-12-20-15-17-9-6-14-21-17/h1-2,5,7-8,10-11,17,20H,3-4,6,9,12-15H2/p+1/t17-/m1/s1. The van der Waals surface area contributed by atoms with Gasteiger partial charge < -0.3 is 14.8 Å². The van der Waals surface area contributed by atoms with E-state index in [2.05, 4.69) is 47.8 Å². The highest BCUT2D eigenvalue weighted by atomic mass is 16.5. The van der Waals surface area contributed by atoms with Crippen LogP contribution < -0.4 is 10.1 Å². The Kier molecular flexibility index (Phi) is 5.68. The number of ether oxygens (including phenoxy) is 2. The van der Waals surface area contributed by atoms with Crippen LogP contribution in [-0.2, 0) is 4.74 Å². The molecule has 2 N–H and O–H groups in total. The zero-order chi connectivity index (χ0) is 15.0. The summed E-state index contributed by atoms with van der Waals surface area (Å²) < 4.78 is 11.6. The van der Waals surface area contributed by atoms with Gasteiger partial charge in [-0.05, 0) is 37.1 Å². The van der Waals surface area contributed by atoms with Crippen LogP contribution in [-0.4, -0.2) is 32.4 Å². The highest BCUT2D eigenvalue weighted by molar-refractivity contribution is 5.88. The molecule has 0 radical (unpaired) electrons. The van der Waals surface area contributed by atoms with E-state index in [1.165, 1.54) is 36.6 Å². The van der Waals surface area contributed by atoms with Crippen LogP contribution in [0.15, 0.2) is 42.5 Å². The van der Waals surface area contributed by atoms with E-state index in [0.717, 1.165) is 31.9 Å². The first-order valence-corrected chi connectivity index (χ1v) is 8.47. The fourth-order valence-electron chi connectivity index (χ4n) is 3.03. The zero-order valence-electron chi connectivity index (χ0n) is 13.2. The summed E-state index contributed by atoms with van der Waals surface area (Å²) in [7, 11) is 0. The van der Waals surface area contributed by atoms with Crippen molar-refractivity contribution in [3.05, 3.63) is 42.5 Å². The van der Waals surface area contributed by atoms with E-state index in [9.17, 15) is 0 Å². The summed E-state index contributed by atoms with van der Waals surface area (Å²) in [6.45, 7) is 4.03. The van der Waals surface area contributed by atoms with Crippen molar-refractivity contribution in [3.8, 4) is 5.75 Å². The summed E-state index contributed by atoms with van der Waals surface area (Å²) in [6.07, 6.45) is 5.26. The van der Waals surface area contributed by atoms with Crippen molar-refractivity contribution in [3.63, 3.8) is 0 Å². The van der Waals surface area contributed by atoms with Gasteiger partial charge in [0.05, 0.1) is 13.2 Å². The molecule has 2 aromatic rings. The minimum Gasteiger partial charge on any atom is -0.493 e. The SMILES string of the molecule is c1ccc2c(OCCCC[NH2+]C[C@H]3CCCO3)cccc2c1. The second-order valence-corrected chi connectivity index (χ2v) is 5.98. The van der Waals surface area contributed by atoms with Crippen LogP contribution in [0.1, 0.15) is 25.7 Å². The Bertz CT molecular complexity index is 573. The minimum absolute atomic E-state index is 0.493. The molecule has 1 aliphatic heterocycles. The molecule has 1 saturated heterocycles. The molecule has 22 heavy (non-hydrogen) atoms. The molecule has 0 unspecified atom stereocenters. The first-order chi connectivity index (χ1) is 10.9. The maximum absolute atomic E-state index is 5.96. The lowest BCUT2D eigenvalue weighted by Crippen LogP contribution is -2.86. The summed E-state index contributed by atoms with van der Waals surface area (Å²) in [6, 6.07) is 14.6. The van der Waals surface area contributed by atoms with Gasteiger partial charge in [0.2, 0.25) is 0 Å². The Morgan fingerprint density at radius 2 is 2.00 bits per heavy atom. The molecular weight excluding hydrogens is 274 g/mol. The number of unbranched alkanes of at least 4 members (excludes halogenated alkanes) is 1. The molecule has 0 spiro atoms. The van der Waals surface area contributed by atoms with Crippen LogP contribution in [0.25, 0.3) is 10.8 Å². The average Bonchev–Trinajstić information content (AvgIpc) is 3.07. The summed E-state index contributed by atoms with van der Waals surface area (Å²) in [4.78, 5) is 0. The number of hydrogen-bond acceptors (Lipinski definition) is 2. The molecule has 0 saturated carbocycles. The number of fused-ring (bicyclic) bond motifs is 1. The average molecular weight is 300 g/mol. The van der Waals surface area contributed by atoms with Gasteiger partial charge in [0.25, 0.3) is 0 Å². The maximum Gasteiger partial charge on any atom is 0.127 e. The molecule has 0 amide bonds. The third-order valence-corrected chi connectivity index (χ3v) is 4.26. The summed E-state index contributed by atoms with van der Waals surface area (Å²) in [5.74, 6) is 1.00. The van der Waals surface area contributed by atoms with E-state index in [4.69, 9.17) is 9.47 Å². The molecule has 1 heterocycles. The summed E-state index contributed by atoms with van der Waals surface area (Å²) in [5, 5.41) is 4.83. The number of hydrogen-bond donors (Lipinski definition) is 1. The number of benzene rings is 2. The normalized spacial score (nSPS) is 17.9. The van der Waals surface area contributed by atoms with Gasteiger partial charge in [-0.25, -0.2) is 0 Å². The third-order valence-electron chi connectivity index (χ3n) is 4.26. The van der Waals surface area contributed by atoms with Gasteiger partial charge in [0.1, 0.15) is 18.4 Å². The highest BCUT2D eigenvalue weighted by Crippen LogP contribution is 2.25. The fourth-order valence-corrected chi connectivity index (χ4v) is 3.03. The lowest BCUT2D eigenvalue weighted by atomic mass is 10.1. The molecule has 1 aliphatic rings. The van der Waals surface area contributed by atoms with Crippen molar-refractivity contribution in [2.45, 2.75) is 31.8 Å². The first kappa shape index (κ1) is 15.3. The molecule has 0 aromatic heterocycles. The lowest BCUT2D eigenvalue weighted by molar-refractivity contribution is -0.661. The van der Waals surface area contributed by atoms with Gasteiger partial charge in [-0.2, -0.15) is 0 Å². The quantitative estimate of drug-likeness (QED) is 0.761. The van der Waals surface area contributed by atoms with E-state index < -0.39 is 0 Å². The zero-order valence-corrected chi connectivity index (χ0v) is 13.2. The van der Waals surface area contributed by atoms with Crippen molar-refractivity contribution in [2.75, 3.05) is 26.3 Å². The van der Waals surface area contributed by atoms with Crippen LogP contribution in [0.2, 0.25) is 0 Å². The molecule has 3 heteroatoms. The number of nitrogens with two attached hydrogens (primary N) is 1. The Morgan fingerprint density at radius 3 is 2.91 bits per heavy atom. The summed E-state index contributed by atoms with van der Waals surface area (Å²) >= 11 is 0. The van der Waals surface area contributed by atoms with Crippen molar-refractivity contribution in [2.24, 2.45) is 0 Å². The smallest absolute Gasteiger partial charge is 0.127 e. The predicted molar refractivity (Wildman–Crippen MR) is 89.3 cm³/mol. The Labute approximate surface area is 132 Å². The number of quaternary nitrogens is 1. The minimum atomic E-state index is 0.493. The van der Waals surface area contributed by atoms with Crippen molar-refractivity contribution >= 4 is 10.8 Å². The van der Waals surface area contributed by atoms with Gasteiger partial charge in [-0.1, -0.05) is 36.4 Å². The van der Waals surface area contributed by atoms with Gasteiger partial charge in [0, 0.05) is 12.0 Å². The maximum atomic E-state index is 5.96. The predicted octanol–water partition coefficient (Wildman–Crippen LogP) is 2.74. The van der Waals surface area contributed by atoms with Gasteiger partial charge in [-0.15, -0.1) is 0 Å². The van der Waals surface area contributed by atoms with Crippen LogP contribution in [0.5, 0.6) is 5.75 Å². The van der Waals surface area contributed by atoms with Gasteiger partial charge in [0.15, 0.2) is 0 Å². The molecule has 2 aromatic carbocycles. The van der Waals surface area contributed by atoms with Crippen LogP contribution in [0.3, 0.4) is 0 Å². The third kappa shape index (κ3) is 4.21. The van der Waals surface area contributed by atoms with E-state index in [-0.39, 0.29) is 0 Å². The Balaban J connectivity index is 1.34. The monoisotopic (exact) mass is 300 g/mol. The van der Waals surface area contributed by atoms with Crippen molar-refractivity contribution < 1.29 is 14.8 Å². The molecule has 3 nitrogen and oxygen atoms in total. The van der Waals surface area contributed by atoms with Crippen molar-refractivity contribution in [1.29, 1.82) is 0 Å². The van der Waals surface area contributed by atoms with Crippen LogP contribution in [0.4, 0.5) is 0 Å². The Hall–Kier alpha value is -1.58. The molecule has 1 fully saturated rings. The van der Waals surface area contributed by atoms with E-state index in [1.54, 1.807) is 0 Å². The molecule has 118 valence electrons. The molecule has 0 aliphatic carbocycles. The van der Waals surface area contributed by atoms with Gasteiger partial charge in [-0.3, -0.25) is 0 Å². The fraction of sp³-hybridized carbons (Fsp3) is 0.474. The van der Waals surface area contributed by atoms with E-state index >= 15 is 0 Å². The largest absolute Gasteiger partial charge is 0.493 e. The second kappa shape index (κ2) is 8.16. The number of rotatable bonds is 8. The van der Waals surface area contributed by atoms with Crippen LogP contribution in [0, 0.1) is 0 Å². The molecule has 1 atom stereocenters. The van der Waals surface area contributed by atoms with Crippen LogP contribution >= 0.6 is 0 Å². The van der Waals surface area contributed by atoms with E-state index in [1.807, 2.05) is 0 Å². The molecule has 3 rings (SSSR count). The molecule has 0 bridgehead atoms. The Morgan fingerprint density at radius 1 is 1.09 bits per heavy atom. The lowest BCUT2D eigenvalue weighted by Gasteiger charge is -2.10. The van der Waals surface area contributed by atoms with Crippen molar-refractivity contribution in [1.82, 2.24) is 0 Å². The van der Waals surface area contributed by atoms with E-state index in [0.29, 0.717) is 6.10 Å². The van der Waals surface area contributed by atoms with Gasteiger partial charge >= 0.3 is 0 Å². The summed E-state index contributed by atoms with van der Waals surface area (Å²) in [5.41, 5.74) is 0. The second-order valence-electron chi connectivity index (χ2n) is 5.98. The first-order valence-electron chi connectivity index (χ1n) is 8.47. The topological polar surface area (TPSA) is 35.1 Å². The molecular formula is C19H26NO2+.